The molecular weight excluding hydrogens is 368 g/mol. The molecule has 1 aromatic heterocycles. The van der Waals surface area contributed by atoms with Gasteiger partial charge >= 0.3 is 0 Å². The van der Waals surface area contributed by atoms with Crippen LogP contribution in [0.1, 0.15) is 78.4 Å². The second-order valence-corrected chi connectivity index (χ2v) is 9.57. The van der Waals surface area contributed by atoms with Crippen LogP contribution in [0.25, 0.3) is 10.9 Å². The van der Waals surface area contributed by atoms with Gasteiger partial charge in [-0.2, -0.15) is 0 Å². The Kier molecular flexibility index (Phi) is 5.24. The maximum Gasteiger partial charge on any atom is 0.167 e. The highest BCUT2D eigenvalue weighted by Crippen LogP contribution is 2.37. The van der Waals surface area contributed by atoms with Gasteiger partial charge in [-0.3, -0.25) is 9.69 Å². The van der Waals surface area contributed by atoms with Gasteiger partial charge in [0.25, 0.3) is 0 Å². The van der Waals surface area contributed by atoms with Gasteiger partial charge in [0.05, 0.1) is 0 Å². The summed E-state index contributed by atoms with van der Waals surface area (Å²) in [7, 11) is 0. The smallest absolute Gasteiger partial charge is 0.167 e. The lowest BCUT2D eigenvalue weighted by molar-refractivity contribution is 0.0993. The minimum Gasteiger partial charge on any atom is -0.361 e. The Balaban J connectivity index is 1.38. The molecule has 3 heterocycles. The number of fused-ring (bicyclic) bond motifs is 2. The Morgan fingerprint density at radius 2 is 2.03 bits per heavy atom. The van der Waals surface area contributed by atoms with Gasteiger partial charge in [0.2, 0.25) is 0 Å². The molecule has 0 aliphatic carbocycles. The van der Waals surface area contributed by atoms with Crippen LogP contribution in [0.3, 0.4) is 0 Å². The zero-order valence-electron chi connectivity index (χ0n) is 18.2. The minimum absolute atomic E-state index is 0.200. The number of aromatic amines is 1. The third-order valence-corrected chi connectivity index (χ3v) is 7.26. The van der Waals surface area contributed by atoms with Crippen LogP contribution < -0.4 is 0 Å². The van der Waals surface area contributed by atoms with Crippen molar-refractivity contribution in [2.45, 2.75) is 63.8 Å². The highest BCUT2D eigenvalue weighted by Gasteiger charge is 2.32. The molecule has 2 fully saturated rings. The first-order valence-electron chi connectivity index (χ1n) is 11.6. The summed E-state index contributed by atoms with van der Waals surface area (Å²) in [5, 5.41) is 1.30. The van der Waals surface area contributed by atoms with E-state index in [1.165, 1.54) is 60.8 Å². The Bertz CT molecular complexity index is 1060. The predicted octanol–water partition coefficient (Wildman–Crippen LogP) is 6.06. The number of rotatable bonds is 5. The number of piperidine rings is 1. The molecule has 0 bridgehead atoms. The van der Waals surface area contributed by atoms with Crippen molar-refractivity contribution in [3.63, 3.8) is 0 Å². The van der Waals surface area contributed by atoms with Crippen molar-refractivity contribution in [3.8, 4) is 0 Å². The van der Waals surface area contributed by atoms with Crippen LogP contribution in [0.2, 0.25) is 0 Å². The van der Waals surface area contributed by atoms with Crippen molar-refractivity contribution in [1.82, 2.24) is 9.88 Å². The fourth-order valence-electron chi connectivity index (χ4n) is 5.48. The first-order chi connectivity index (χ1) is 14.6. The van der Waals surface area contributed by atoms with Crippen molar-refractivity contribution in [2.24, 2.45) is 0 Å². The largest absolute Gasteiger partial charge is 0.361 e. The lowest BCUT2D eigenvalue weighted by Crippen LogP contribution is -2.37. The molecule has 0 radical (unpaired) electrons. The van der Waals surface area contributed by atoms with Crippen LogP contribution in [-0.4, -0.2) is 34.8 Å². The van der Waals surface area contributed by atoms with Crippen LogP contribution in [-0.2, 0) is 6.42 Å². The molecule has 2 unspecified atom stereocenters. The molecule has 5 rings (SSSR count). The molecule has 156 valence electrons. The lowest BCUT2D eigenvalue weighted by atomic mass is 9.87. The van der Waals surface area contributed by atoms with E-state index in [-0.39, 0.29) is 5.78 Å². The molecular formula is C27H32N2O. The van der Waals surface area contributed by atoms with E-state index < -0.39 is 0 Å². The van der Waals surface area contributed by atoms with E-state index in [0.29, 0.717) is 18.3 Å². The number of nitrogens with one attached hydrogen (secondary N) is 1. The van der Waals surface area contributed by atoms with Crippen LogP contribution in [0.5, 0.6) is 0 Å². The first kappa shape index (κ1) is 19.6. The minimum atomic E-state index is 0.200. The topological polar surface area (TPSA) is 36.1 Å². The van der Waals surface area contributed by atoms with Crippen LogP contribution in [0.15, 0.2) is 48.7 Å². The van der Waals surface area contributed by atoms with E-state index in [0.717, 1.165) is 17.2 Å². The highest BCUT2D eigenvalue weighted by molar-refractivity contribution is 5.98. The fourth-order valence-corrected chi connectivity index (χ4v) is 5.48. The van der Waals surface area contributed by atoms with E-state index in [1.807, 2.05) is 12.1 Å². The van der Waals surface area contributed by atoms with Crippen molar-refractivity contribution < 1.29 is 4.79 Å². The number of aromatic nitrogens is 1. The number of hydrogen-bond donors (Lipinski definition) is 1. The summed E-state index contributed by atoms with van der Waals surface area (Å²) in [6, 6.07) is 15.4. The average molecular weight is 401 g/mol. The summed E-state index contributed by atoms with van der Waals surface area (Å²) >= 11 is 0. The predicted molar refractivity (Wildman–Crippen MR) is 123 cm³/mol. The molecule has 3 heteroatoms. The highest BCUT2D eigenvalue weighted by atomic mass is 16.1. The molecule has 0 amide bonds. The number of benzene rings is 2. The van der Waals surface area contributed by atoms with Crippen molar-refractivity contribution >= 4 is 16.7 Å². The second kappa shape index (κ2) is 8.03. The lowest BCUT2D eigenvalue weighted by Gasteiger charge is -2.35. The Morgan fingerprint density at radius 3 is 2.90 bits per heavy atom. The molecule has 2 atom stereocenters. The van der Waals surface area contributed by atoms with Crippen LogP contribution in [0.4, 0.5) is 0 Å². The molecule has 2 aliphatic rings. The molecule has 30 heavy (non-hydrogen) atoms. The van der Waals surface area contributed by atoms with Gasteiger partial charge in [0.15, 0.2) is 5.78 Å². The zero-order valence-corrected chi connectivity index (χ0v) is 18.2. The average Bonchev–Trinajstić information content (AvgIpc) is 3.39. The summed E-state index contributed by atoms with van der Waals surface area (Å²) in [6.45, 7) is 6.78. The van der Waals surface area contributed by atoms with Crippen molar-refractivity contribution in [3.05, 3.63) is 70.9 Å². The number of ketones is 1. The summed E-state index contributed by atoms with van der Waals surface area (Å²) in [6.07, 6.45) is 8.01. The molecule has 1 N–H and O–H groups in total. The number of Topliss-reactive ketones (excluding diaryl/α,β-unsaturated/α-hetero) is 1. The number of carbonyl (C=O) groups excluding carboxylic acids is 1. The molecule has 3 aromatic rings. The number of carbonyl (C=O) groups is 1. The van der Waals surface area contributed by atoms with Crippen LogP contribution >= 0.6 is 0 Å². The van der Waals surface area contributed by atoms with Gasteiger partial charge in [0.1, 0.15) is 0 Å². The zero-order chi connectivity index (χ0) is 20.7. The summed E-state index contributed by atoms with van der Waals surface area (Å²) in [5.74, 6) is 1.23. The summed E-state index contributed by atoms with van der Waals surface area (Å²) in [5.41, 5.74) is 5.78. The molecule has 2 saturated heterocycles. The van der Waals surface area contributed by atoms with Gasteiger partial charge in [0, 0.05) is 41.7 Å². The Labute approximate surface area is 179 Å². The third-order valence-electron chi connectivity index (χ3n) is 7.26. The SMILES string of the molecule is CC(C)c1cccc(C(=O)Cc2ccc3[nH]cc(C4CCC5CCCN5C4)c3c2)c1. The number of nitrogens with zero attached hydrogens (tertiary/aromatic N) is 1. The van der Waals surface area contributed by atoms with E-state index in [4.69, 9.17) is 0 Å². The molecule has 3 nitrogen and oxygen atoms in total. The quantitative estimate of drug-likeness (QED) is 0.529. The maximum atomic E-state index is 13.0. The normalized spacial score (nSPS) is 22.0. The first-order valence-corrected chi connectivity index (χ1v) is 11.6. The van der Waals surface area contributed by atoms with Crippen LogP contribution in [0, 0.1) is 0 Å². The van der Waals surface area contributed by atoms with E-state index in [2.05, 4.69) is 60.3 Å². The van der Waals surface area contributed by atoms with E-state index in [9.17, 15) is 4.79 Å². The molecule has 0 spiro atoms. The molecule has 2 aromatic carbocycles. The maximum absolute atomic E-state index is 13.0. The van der Waals surface area contributed by atoms with Crippen molar-refractivity contribution in [2.75, 3.05) is 13.1 Å². The Hall–Kier alpha value is -2.39. The Morgan fingerprint density at radius 1 is 1.13 bits per heavy atom. The van der Waals surface area contributed by atoms with Gasteiger partial charge in [-0.25, -0.2) is 0 Å². The number of H-pyrrole nitrogens is 1. The standard InChI is InChI=1S/C27H32N2O/c1-18(2)20-5-3-6-21(15-20)27(30)14-19-8-11-26-24(13-19)25(16-28-26)22-9-10-23-7-4-12-29(23)17-22/h3,5-6,8,11,13,15-16,18,22-23,28H,4,7,9-10,12,14,17H2,1-2H3. The summed E-state index contributed by atoms with van der Waals surface area (Å²) in [4.78, 5) is 19.1. The summed E-state index contributed by atoms with van der Waals surface area (Å²) < 4.78 is 0. The van der Waals surface area contributed by atoms with E-state index >= 15 is 0 Å². The fraction of sp³-hybridized carbons (Fsp3) is 0.444. The number of hydrogen-bond acceptors (Lipinski definition) is 2. The molecule has 2 aliphatic heterocycles. The van der Waals surface area contributed by atoms with E-state index in [1.54, 1.807) is 0 Å². The van der Waals surface area contributed by atoms with Gasteiger partial charge in [-0.1, -0.05) is 38.1 Å². The monoisotopic (exact) mass is 400 g/mol. The third kappa shape index (κ3) is 3.72. The molecule has 0 saturated carbocycles. The van der Waals surface area contributed by atoms with Gasteiger partial charge in [-0.05, 0) is 79.0 Å². The second-order valence-electron chi connectivity index (χ2n) is 9.57. The van der Waals surface area contributed by atoms with Gasteiger partial charge in [-0.15, -0.1) is 0 Å². The van der Waals surface area contributed by atoms with Crippen molar-refractivity contribution in [1.29, 1.82) is 0 Å². The van der Waals surface area contributed by atoms with Gasteiger partial charge < -0.3 is 4.98 Å².